The van der Waals surface area contributed by atoms with Crippen molar-refractivity contribution >= 4 is 22.6 Å². The van der Waals surface area contributed by atoms with Gasteiger partial charge in [-0.05, 0) is 41.3 Å². The number of aliphatic hydroxyl groups is 1. The van der Waals surface area contributed by atoms with E-state index in [9.17, 15) is 23.1 Å². The molecule has 0 fully saturated rings. The number of aromatic nitrogens is 3. The van der Waals surface area contributed by atoms with E-state index >= 15 is 0 Å². The summed E-state index contributed by atoms with van der Waals surface area (Å²) in [5, 5.41) is 18.5. The van der Waals surface area contributed by atoms with Gasteiger partial charge in [-0.1, -0.05) is 48.0 Å². The Morgan fingerprint density at radius 3 is 2.50 bits per heavy atom. The largest absolute Gasteiger partial charge is 0.423 e. The summed E-state index contributed by atoms with van der Waals surface area (Å²) in [7, 11) is 0. The van der Waals surface area contributed by atoms with Crippen molar-refractivity contribution in [2.45, 2.75) is 31.7 Å². The third-order valence-electron chi connectivity index (χ3n) is 5.25. The monoisotopic (exact) mass is 463 g/mol. The van der Waals surface area contributed by atoms with Gasteiger partial charge >= 0.3 is 11.8 Å². The summed E-state index contributed by atoms with van der Waals surface area (Å²) in [4.78, 5) is 12.1. The normalized spacial score (nSPS) is 13.9. The topological polar surface area (TPSA) is 81.2 Å². The van der Waals surface area contributed by atoms with Crippen molar-refractivity contribution in [1.82, 2.24) is 15.0 Å². The molecule has 0 unspecified atom stereocenters. The lowest BCUT2D eigenvalue weighted by molar-refractivity contribution is -0.269. The molecule has 0 radical (unpaired) electrons. The maximum Gasteiger partial charge on any atom is 0.423 e. The molecule has 1 atom stereocenters. The summed E-state index contributed by atoms with van der Waals surface area (Å²) in [6.45, 7) is 1.28. The van der Waals surface area contributed by atoms with E-state index < -0.39 is 29.5 Å². The van der Waals surface area contributed by atoms with E-state index in [-0.39, 0.29) is 6.54 Å². The first-order valence-corrected chi connectivity index (χ1v) is 10.0. The molecule has 166 valence electrons. The van der Waals surface area contributed by atoms with Crippen LogP contribution in [0, 0.1) is 0 Å². The van der Waals surface area contributed by atoms with Crippen LogP contribution in [-0.4, -0.2) is 26.3 Å². The number of hydrogen-bond donors (Lipinski definition) is 1. The third kappa shape index (κ3) is 4.01. The van der Waals surface area contributed by atoms with Crippen LogP contribution in [0.5, 0.6) is 0 Å². The number of alkyl halides is 3. The zero-order chi connectivity index (χ0) is 23.1. The Morgan fingerprint density at radius 2 is 1.84 bits per heavy atom. The lowest BCUT2D eigenvalue weighted by atomic mass is 9.96. The Bertz CT molecular complexity index is 1330. The van der Waals surface area contributed by atoms with Crippen LogP contribution in [0.15, 0.2) is 63.9 Å². The highest BCUT2D eigenvalue weighted by molar-refractivity contribution is 6.30. The minimum Gasteiger partial charge on any atom is -0.423 e. The summed E-state index contributed by atoms with van der Waals surface area (Å²) >= 11 is 5.94. The van der Waals surface area contributed by atoms with Crippen molar-refractivity contribution in [1.29, 1.82) is 0 Å². The van der Waals surface area contributed by atoms with Gasteiger partial charge in [-0.2, -0.15) is 13.2 Å². The standard InChI is InChI=1S/C22H17ClF3N3O3/c1-2-21(31,22(24,25)26)19-12-29(28-27-19)11-13-3-8-16-17(10-20(30)32-18(16)9-13)14-4-6-15(23)7-5-14/h3-10,12,31H,2,11H2,1H3/t21-/m0/s1. The molecular weight excluding hydrogens is 447 g/mol. The minimum atomic E-state index is -4.88. The van der Waals surface area contributed by atoms with E-state index in [0.29, 0.717) is 27.1 Å². The maximum absolute atomic E-state index is 13.3. The highest BCUT2D eigenvalue weighted by atomic mass is 35.5. The molecule has 2 aromatic heterocycles. The van der Waals surface area contributed by atoms with Gasteiger partial charge in [0.1, 0.15) is 11.3 Å². The second-order valence-corrected chi connectivity index (χ2v) is 7.77. The number of rotatable bonds is 5. The molecule has 0 spiro atoms. The van der Waals surface area contributed by atoms with Gasteiger partial charge < -0.3 is 9.52 Å². The summed E-state index contributed by atoms with van der Waals surface area (Å²) in [6, 6.07) is 13.5. The molecule has 2 aromatic carbocycles. The van der Waals surface area contributed by atoms with Crippen LogP contribution < -0.4 is 5.63 Å². The van der Waals surface area contributed by atoms with Crippen LogP contribution in [0.1, 0.15) is 24.6 Å². The van der Waals surface area contributed by atoms with Gasteiger partial charge in [0.2, 0.25) is 5.60 Å². The Hall–Kier alpha value is -3.17. The second-order valence-electron chi connectivity index (χ2n) is 7.33. The fourth-order valence-corrected chi connectivity index (χ4v) is 3.58. The van der Waals surface area contributed by atoms with Gasteiger partial charge in [-0.15, -0.1) is 5.10 Å². The number of hydrogen-bond acceptors (Lipinski definition) is 5. The molecule has 6 nitrogen and oxygen atoms in total. The molecule has 0 saturated carbocycles. The van der Waals surface area contributed by atoms with Crippen molar-refractivity contribution in [2.24, 2.45) is 0 Å². The van der Waals surface area contributed by atoms with E-state index in [4.69, 9.17) is 16.0 Å². The first-order valence-electron chi connectivity index (χ1n) is 9.63. The predicted octanol–water partition coefficient (Wildman–Crippen LogP) is 4.91. The molecule has 0 aliphatic carbocycles. The Balaban J connectivity index is 1.68. The maximum atomic E-state index is 13.3. The predicted molar refractivity (Wildman–Crippen MR) is 112 cm³/mol. The van der Waals surface area contributed by atoms with Crippen molar-refractivity contribution < 1.29 is 22.7 Å². The molecule has 4 aromatic rings. The van der Waals surface area contributed by atoms with Gasteiger partial charge in [-0.3, -0.25) is 0 Å². The lowest BCUT2D eigenvalue weighted by Crippen LogP contribution is -2.42. The molecule has 10 heteroatoms. The smallest absolute Gasteiger partial charge is 0.423 e. The van der Waals surface area contributed by atoms with Gasteiger partial charge in [0.25, 0.3) is 0 Å². The number of halogens is 4. The van der Waals surface area contributed by atoms with Gasteiger partial charge in [0, 0.05) is 16.5 Å². The average molecular weight is 464 g/mol. The van der Waals surface area contributed by atoms with Gasteiger partial charge in [0.05, 0.1) is 12.7 Å². The van der Waals surface area contributed by atoms with Crippen LogP contribution in [0.3, 0.4) is 0 Å². The van der Waals surface area contributed by atoms with E-state index in [0.717, 1.165) is 11.8 Å². The fraction of sp³-hybridized carbons (Fsp3) is 0.227. The summed E-state index contributed by atoms with van der Waals surface area (Å²) in [5.74, 6) is 0. The third-order valence-corrected chi connectivity index (χ3v) is 5.50. The molecule has 0 saturated heterocycles. The molecule has 0 bridgehead atoms. The van der Waals surface area contributed by atoms with Crippen molar-refractivity contribution in [3.63, 3.8) is 0 Å². The minimum absolute atomic E-state index is 0.0650. The molecule has 2 heterocycles. The van der Waals surface area contributed by atoms with E-state index in [1.54, 1.807) is 42.5 Å². The molecule has 4 rings (SSSR count). The quantitative estimate of drug-likeness (QED) is 0.425. The van der Waals surface area contributed by atoms with Gasteiger partial charge in [0.15, 0.2) is 0 Å². The zero-order valence-electron chi connectivity index (χ0n) is 16.7. The highest BCUT2D eigenvalue weighted by Crippen LogP contribution is 2.40. The molecule has 0 amide bonds. The average Bonchev–Trinajstić information content (AvgIpc) is 3.21. The fourth-order valence-electron chi connectivity index (χ4n) is 3.45. The number of fused-ring (bicyclic) bond motifs is 1. The molecule has 32 heavy (non-hydrogen) atoms. The van der Waals surface area contributed by atoms with Crippen LogP contribution in [0.25, 0.3) is 22.1 Å². The number of nitrogens with zero attached hydrogens (tertiary/aromatic N) is 3. The highest BCUT2D eigenvalue weighted by Gasteiger charge is 2.55. The molecular formula is C22H17ClF3N3O3. The molecule has 0 aliphatic heterocycles. The van der Waals surface area contributed by atoms with Gasteiger partial charge in [-0.25, -0.2) is 9.48 Å². The summed E-state index contributed by atoms with van der Waals surface area (Å²) < 4.78 is 46.3. The van der Waals surface area contributed by atoms with Crippen LogP contribution >= 0.6 is 11.6 Å². The summed E-state index contributed by atoms with van der Waals surface area (Å²) in [6.07, 6.45) is -4.42. The number of benzene rings is 2. The Kier molecular flexibility index (Phi) is 5.56. The SMILES string of the molecule is CC[C@](O)(c1cn(Cc2ccc3c(-c4ccc(Cl)cc4)cc(=O)oc3c2)nn1)C(F)(F)F. The van der Waals surface area contributed by atoms with Crippen LogP contribution in [-0.2, 0) is 12.1 Å². The first kappa shape index (κ1) is 22.0. The summed E-state index contributed by atoms with van der Waals surface area (Å²) in [5.41, 5.74) is -1.80. The van der Waals surface area contributed by atoms with Crippen molar-refractivity contribution in [3.8, 4) is 11.1 Å². The Morgan fingerprint density at radius 1 is 1.12 bits per heavy atom. The van der Waals surface area contributed by atoms with Crippen LogP contribution in [0.4, 0.5) is 13.2 Å². The second kappa shape index (κ2) is 8.07. The first-order chi connectivity index (χ1) is 15.1. The molecule has 0 aliphatic rings. The molecule has 1 N–H and O–H groups in total. The van der Waals surface area contributed by atoms with Crippen molar-refractivity contribution in [2.75, 3.05) is 0 Å². The zero-order valence-corrected chi connectivity index (χ0v) is 17.5. The van der Waals surface area contributed by atoms with E-state index in [1.165, 1.54) is 17.7 Å². The van der Waals surface area contributed by atoms with Crippen molar-refractivity contribution in [3.05, 3.63) is 81.4 Å². The Labute approximate surface area is 184 Å². The van der Waals surface area contributed by atoms with Crippen LogP contribution in [0.2, 0.25) is 5.02 Å². The van der Waals surface area contributed by atoms with E-state index in [1.807, 2.05) is 0 Å². The lowest BCUT2D eigenvalue weighted by Gasteiger charge is -2.26. The van der Waals surface area contributed by atoms with E-state index in [2.05, 4.69) is 10.3 Å².